The minimum absolute atomic E-state index is 0.0578. The molecular weight excluding hydrogens is 259 g/mol. The van der Waals surface area contributed by atoms with Gasteiger partial charge in [-0.1, -0.05) is 12.1 Å². The molecule has 2 aromatic rings. The van der Waals surface area contributed by atoms with E-state index in [-0.39, 0.29) is 12.4 Å². The molecule has 0 aliphatic heterocycles. The summed E-state index contributed by atoms with van der Waals surface area (Å²) in [5, 5.41) is 0. The number of nitrogens with two attached hydrogens (primary N) is 1. The summed E-state index contributed by atoms with van der Waals surface area (Å²) in [6, 6.07) is 8.93. The summed E-state index contributed by atoms with van der Waals surface area (Å²) < 4.78 is 24.4. The van der Waals surface area contributed by atoms with Crippen LogP contribution in [0.15, 0.2) is 36.5 Å². The molecule has 4 nitrogen and oxygen atoms in total. The lowest BCUT2D eigenvalue weighted by Crippen LogP contribution is -2.02. The van der Waals surface area contributed by atoms with Crippen molar-refractivity contribution in [1.82, 2.24) is 4.98 Å². The lowest BCUT2D eigenvalue weighted by atomic mass is 10.1. The number of nitrogens with zero attached hydrogens (tertiary/aromatic N) is 1. The Labute approximate surface area is 117 Å². The van der Waals surface area contributed by atoms with Gasteiger partial charge < -0.3 is 15.2 Å². The van der Waals surface area contributed by atoms with Gasteiger partial charge in [0.2, 0.25) is 0 Å². The van der Waals surface area contributed by atoms with Crippen LogP contribution in [0.25, 0.3) is 0 Å². The number of ether oxygens (including phenoxy) is 2. The normalized spacial score (nSPS) is 10.6. The van der Waals surface area contributed by atoms with E-state index in [0.717, 1.165) is 12.0 Å². The molecule has 1 aromatic carbocycles. The standard InChI is InChI=1S/C15H17FN2O2/c1-19-9-7-11-2-4-13(5-3-11)20-15-14(16)12(10-17)6-8-18-15/h2-6,8H,7,9-10,17H2,1H3. The lowest BCUT2D eigenvalue weighted by molar-refractivity contribution is 0.202. The number of rotatable bonds is 6. The summed E-state index contributed by atoms with van der Waals surface area (Å²) >= 11 is 0. The molecule has 0 saturated heterocycles. The van der Waals surface area contributed by atoms with Crippen molar-refractivity contribution in [2.45, 2.75) is 13.0 Å². The molecule has 0 aliphatic rings. The molecule has 20 heavy (non-hydrogen) atoms. The SMILES string of the molecule is COCCc1ccc(Oc2nccc(CN)c2F)cc1. The molecule has 0 amide bonds. The lowest BCUT2D eigenvalue weighted by Gasteiger charge is -2.08. The van der Waals surface area contributed by atoms with Crippen molar-refractivity contribution >= 4 is 0 Å². The predicted octanol–water partition coefficient (Wildman–Crippen LogP) is 2.66. The number of methoxy groups -OCH3 is 1. The molecule has 2 N–H and O–H groups in total. The first-order valence-electron chi connectivity index (χ1n) is 6.33. The van der Waals surface area contributed by atoms with Gasteiger partial charge in [-0.3, -0.25) is 0 Å². The van der Waals surface area contributed by atoms with Crippen molar-refractivity contribution in [2.75, 3.05) is 13.7 Å². The van der Waals surface area contributed by atoms with Crippen LogP contribution in [-0.4, -0.2) is 18.7 Å². The van der Waals surface area contributed by atoms with E-state index in [0.29, 0.717) is 17.9 Å². The second kappa shape index (κ2) is 6.98. The number of aromatic nitrogens is 1. The molecule has 0 unspecified atom stereocenters. The van der Waals surface area contributed by atoms with Crippen LogP contribution in [0, 0.1) is 5.82 Å². The first-order valence-corrected chi connectivity index (χ1v) is 6.33. The zero-order valence-corrected chi connectivity index (χ0v) is 11.3. The van der Waals surface area contributed by atoms with E-state index >= 15 is 0 Å². The molecule has 0 saturated carbocycles. The maximum absolute atomic E-state index is 13.9. The summed E-state index contributed by atoms with van der Waals surface area (Å²) in [4.78, 5) is 3.88. The van der Waals surface area contributed by atoms with Gasteiger partial charge >= 0.3 is 0 Å². The van der Waals surface area contributed by atoms with E-state index in [2.05, 4.69) is 4.98 Å². The zero-order valence-electron chi connectivity index (χ0n) is 11.3. The molecule has 0 bridgehead atoms. The average molecular weight is 276 g/mol. The molecule has 1 heterocycles. The van der Waals surface area contributed by atoms with Crippen LogP contribution in [-0.2, 0) is 17.7 Å². The van der Waals surface area contributed by atoms with Crippen LogP contribution in [0.1, 0.15) is 11.1 Å². The Kier molecular flexibility index (Phi) is 5.03. The molecule has 106 valence electrons. The third kappa shape index (κ3) is 3.53. The van der Waals surface area contributed by atoms with Gasteiger partial charge in [-0.2, -0.15) is 0 Å². The smallest absolute Gasteiger partial charge is 0.256 e. The minimum atomic E-state index is -0.515. The summed E-state index contributed by atoms with van der Waals surface area (Å²) in [7, 11) is 1.66. The van der Waals surface area contributed by atoms with E-state index in [1.807, 2.05) is 12.1 Å². The highest BCUT2D eigenvalue weighted by Crippen LogP contribution is 2.24. The van der Waals surface area contributed by atoms with Gasteiger partial charge in [0.1, 0.15) is 5.75 Å². The van der Waals surface area contributed by atoms with Crippen LogP contribution in [0.2, 0.25) is 0 Å². The largest absolute Gasteiger partial charge is 0.436 e. The molecule has 0 spiro atoms. The predicted molar refractivity (Wildman–Crippen MR) is 74.2 cm³/mol. The number of hydrogen-bond acceptors (Lipinski definition) is 4. The fourth-order valence-corrected chi connectivity index (χ4v) is 1.75. The van der Waals surface area contributed by atoms with Crippen molar-refractivity contribution in [2.24, 2.45) is 5.73 Å². The maximum Gasteiger partial charge on any atom is 0.256 e. The van der Waals surface area contributed by atoms with Gasteiger partial charge in [-0.25, -0.2) is 9.37 Å². The van der Waals surface area contributed by atoms with Crippen LogP contribution < -0.4 is 10.5 Å². The fraction of sp³-hybridized carbons (Fsp3) is 0.267. The Balaban J connectivity index is 2.10. The molecular formula is C15H17FN2O2. The summed E-state index contributed by atoms with van der Waals surface area (Å²) in [5.74, 6) is -0.0391. The average Bonchev–Trinajstić information content (AvgIpc) is 2.48. The van der Waals surface area contributed by atoms with E-state index in [1.54, 1.807) is 19.2 Å². The first-order chi connectivity index (χ1) is 9.74. The third-order valence-corrected chi connectivity index (χ3v) is 2.89. The number of benzene rings is 1. The molecule has 0 atom stereocenters. The van der Waals surface area contributed by atoms with Gasteiger partial charge in [0.25, 0.3) is 5.88 Å². The zero-order chi connectivity index (χ0) is 14.4. The quantitative estimate of drug-likeness (QED) is 0.881. The Hall–Kier alpha value is -1.98. The van der Waals surface area contributed by atoms with Crippen molar-refractivity contribution in [1.29, 1.82) is 0 Å². The second-order valence-corrected chi connectivity index (χ2v) is 4.28. The summed E-state index contributed by atoms with van der Waals surface area (Å²) in [6.45, 7) is 0.773. The highest BCUT2D eigenvalue weighted by atomic mass is 19.1. The van der Waals surface area contributed by atoms with E-state index in [9.17, 15) is 4.39 Å². The van der Waals surface area contributed by atoms with Gasteiger partial charge in [0.05, 0.1) is 6.61 Å². The maximum atomic E-state index is 13.9. The van der Waals surface area contributed by atoms with Gasteiger partial charge in [-0.05, 0) is 30.2 Å². The van der Waals surface area contributed by atoms with Crippen LogP contribution in [0.5, 0.6) is 11.6 Å². The molecule has 1 aromatic heterocycles. The van der Waals surface area contributed by atoms with Crippen molar-refractivity contribution in [3.63, 3.8) is 0 Å². The highest BCUT2D eigenvalue weighted by molar-refractivity contribution is 5.32. The van der Waals surface area contributed by atoms with Crippen molar-refractivity contribution in [3.8, 4) is 11.6 Å². The van der Waals surface area contributed by atoms with Crippen molar-refractivity contribution < 1.29 is 13.9 Å². The number of pyridine rings is 1. The Bertz CT molecular complexity index is 558. The number of hydrogen-bond donors (Lipinski definition) is 1. The van der Waals surface area contributed by atoms with E-state index < -0.39 is 5.82 Å². The van der Waals surface area contributed by atoms with Crippen molar-refractivity contribution in [3.05, 3.63) is 53.5 Å². The first kappa shape index (κ1) is 14.4. The third-order valence-electron chi connectivity index (χ3n) is 2.89. The minimum Gasteiger partial charge on any atom is -0.436 e. The molecule has 2 rings (SSSR count). The van der Waals surface area contributed by atoms with E-state index in [1.165, 1.54) is 12.3 Å². The monoisotopic (exact) mass is 276 g/mol. The Morgan fingerprint density at radius 1 is 1.20 bits per heavy atom. The molecule has 0 fully saturated rings. The molecule has 0 radical (unpaired) electrons. The van der Waals surface area contributed by atoms with Gasteiger partial charge in [0.15, 0.2) is 5.82 Å². The molecule has 5 heteroatoms. The summed E-state index contributed by atoms with van der Waals surface area (Å²) in [5.41, 5.74) is 6.95. The fourth-order valence-electron chi connectivity index (χ4n) is 1.75. The second-order valence-electron chi connectivity index (χ2n) is 4.28. The number of halogens is 1. The van der Waals surface area contributed by atoms with E-state index in [4.69, 9.17) is 15.2 Å². The summed E-state index contributed by atoms with van der Waals surface area (Å²) in [6.07, 6.45) is 2.31. The van der Waals surface area contributed by atoms with Crippen LogP contribution in [0.3, 0.4) is 0 Å². The Morgan fingerprint density at radius 3 is 2.60 bits per heavy atom. The van der Waals surface area contributed by atoms with Gasteiger partial charge in [-0.15, -0.1) is 0 Å². The van der Waals surface area contributed by atoms with Crippen LogP contribution >= 0.6 is 0 Å². The highest BCUT2D eigenvalue weighted by Gasteiger charge is 2.10. The molecule has 0 aliphatic carbocycles. The topological polar surface area (TPSA) is 57.4 Å². The van der Waals surface area contributed by atoms with Gasteiger partial charge in [0, 0.05) is 25.4 Å². The van der Waals surface area contributed by atoms with Crippen LogP contribution in [0.4, 0.5) is 4.39 Å². The Morgan fingerprint density at radius 2 is 1.95 bits per heavy atom.